The summed E-state index contributed by atoms with van der Waals surface area (Å²) in [5.41, 5.74) is 6.09. The lowest BCUT2D eigenvalue weighted by Gasteiger charge is -2.22. The van der Waals surface area contributed by atoms with E-state index in [1.54, 1.807) is 0 Å². The van der Waals surface area contributed by atoms with Crippen LogP contribution in [0.5, 0.6) is 5.75 Å². The Morgan fingerprint density at radius 1 is 1.17 bits per heavy atom. The quantitative estimate of drug-likeness (QED) is 0.477. The number of hydrogen-bond acceptors (Lipinski definition) is 6. The lowest BCUT2D eigenvalue weighted by atomic mass is 10.0. The molecule has 0 amide bonds. The Bertz CT molecular complexity index is 578. The average Bonchev–Trinajstić information content (AvgIpc) is 2.45. The monoisotopic (exact) mass is 335 g/mol. The van der Waals surface area contributed by atoms with Crippen LogP contribution in [0.4, 0.5) is 8.78 Å². The number of fused-ring (bicyclic) bond motifs is 1. The standard InChI is InChI=1S/C9H9F2NO.C4H6O6/c10-6-1-5-2-7(12)4-13-9(5)8(11)3-6;5-1(3(7)8)2(6)4(9)10/h1,3,7H,2,4,12H2;1-2,5-6H,(H,7,8)(H,9,10). The summed E-state index contributed by atoms with van der Waals surface area (Å²) >= 11 is 0. The summed E-state index contributed by atoms with van der Waals surface area (Å²) in [7, 11) is 0. The van der Waals surface area contributed by atoms with Gasteiger partial charge in [-0.15, -0.1) is 0 Å². The fourth-order valence-electron chi connectivity index (χ4n) is 1.73. The van der Waals surface area contributed by atoms with Gasteiger partial charge in [0, 0.05) is 17.7 Å². The van der Waals surface area contributed by atoms with Crippen LogP contribution in [0.3, 0.4) is 0 Å². The number of nitrogens with two attached hydrogens (primary N) is 1. The molecular weight excluding hydrogens is 320 g/mol. The number of carboxylic acids is 2. The van der Waals surface area contributed by atoms with Crippen LogP contribution in [0, 0.1) is 11.6 Å². The third-order valence-corrected chi connectivity index (χ3v) is 2.81. The van der Waals surface area contributed by atoms with Crippen molar-refractivity contribution in [1.29, 1.82) is 0 Å². The predicted molar refractivity (Wildman–Crippen MR) is 70.8 cm³/mol. The third-order valence-electron chi connectivity index (χ3n) is 2.81. The van der Waals surface area contributed by atoms with E-state index in [-0.39, 0.29) is 18.4 Å². The fraction of sp³-hybridized carbons (Fsp3) is 0.385. The number of ether oxygens (including phenoxy) is 1. The molecule has 10 heteroatoms. The Kier molecular flexibility index (Phi) is 6.37. The zero-order valence-electron chi connectivity index (χ0n) is 11.6. The normalized spacial score (nSPS) is 18.6. The predicted octanol–water partition coefficient (Wildman–Crippen LogP) is -0.896. The van der Waals surface area contributed by atoms with Crippen LogP contribution in [0.25, 0.3) is 0 Å². The molecule has 0 aliphatic carbocycles. The van der Waals surface area contributed by atoms with Gasteiger partial charge < -0.3 is 30.9 Å². The highest BCUT2D eigenvalue weighted by Crippen LogP contribution is 2.28. The first-order valence-corrected chi connectivity index (χ1v) is 6.31. The number of hydrogen-bond donors (Lipinski definition) is 5. The van der Waals surface area contributed by atoms with Crippen molar-refractivity contribution in [3.8, 4) is 5.75 Å². The molecule has 3 unspecified atom stereocenters. The molecule has 6 N–H and O–H groups in total. The molecule has 0 saturated heterocycles. The van der Waals surface area contributed by atoms with E-state index in [1.807, 2.05) is 0 Å². The van der Waals surface area contributed by atoms with E-state index in [0.29, 0.717) is 12.0 Å². The lowest BCUT2D eigenvalue weighted by molar-refractivity contribution is -0.165. The first-order valence-electron chi connectivity index (χ1n) is 6.31. The number of aliphatic carboxylic acids is 2. The van der Waals surface area contributed by atoms with Crippen LogP contribution in [0.2, 0.25) is 0 Å². The van der Waals surface area contributed by atoms with E-state index in [4.69, 9.17) is 30.9 Å². The first kappa shape index (κ1) is 18.7. The van der Waals surface area contributed by atoms with Gasteiger partial charge in [0.2, 0.25) is 0 Å². The van der Waals surface area contributed by atoms with Crippen molar-refractivity contribution in [2.45, 2.75) is 24.7 Å². The van der Waals surface area contributed by atoms with E-state index in [9.17, 15) is 18.4 Å². The number of rotatable bonds is 3. The summed E-state index contributed by atoms with van der Waals surface area (Å²) in [5.74, 6) is -4.64. The minimum Gasteiger partial charge on any atom is -0.489 e. The van der Waals surface area contributed by atoms with E-state index < -0.39 is 35.8 Å². The molecule has 0 saturated carbocycles. The smallest absolute Gasteiger partial charge is 0.335 e. The SMILES string of the molecule is NC1COc2c(F)cc(F)cc2C1.O=C(O)C(O)C(O)C(=O)O. The summed E-state index contributed by atoms with van der Waals surface area (Å²) in [6.45, 7) is 0.287. The number of aliphatic hydroxyl groups is 2. The van der Waals surface area contributed by atoms with Crippen molar-refractivity contribution in [3.63, 3.8) is 0 Å². The molecular formula is C13H15F2NO7. The molecule has 2 rings (SSSR count). The van der Waals surface area contributed by atoms with Gasteiger partial charge >= 0.3 is 11.9 Å². The minimum absolute atomic E-state index is 0.142. The molecule has 0 bridgehead atoms. The molecule has 3 atom stereocenters. The van der Waals surface area contributed by atoms with E-state index in [0.717, 1.165) is 6.07 Å². The van der Waals surface area contributed by atoms with Crippen LogP contribution in [0.1, 0.15) is 5.56 Å². The Hall–Kier alpha value is -2.30. The summed E-state index contributed by atoms with van der Waals surface area (Å²) in [5, 5.41) is 32.5. The van der Waals surface area contributed by atoms with Crippen LogP contribution >= 0.6 is 0 Å². The summed E-state index contributed by atoms with van der Waals surface area (Å²) in [6.07, 6.45) is -4.07. The molecule has 0 fully saturated rings. The Morgan fingerprint density at radius 3 is 2.17 bits per heavy atom. The second-order valence-electron chi connectivity index (χ2n) is 4.72. The van der Waals surface area contributed by atoms with Gasteiger partial charge in [0.1, 0.15) is 12.4 Å². The van der Waals surface area contributed by atoms with Crippen molar-refractivity contribution < 1.29 is 43.5 Å². The molecule has 1 aliphatic rings. The number of carboxylic acid groups (broad SMARTS) is 2. The number of carbonyl (C=O) groups is 2. The maximum absolute atomic E-state index is 13.1. The zero-order valence-corrected chi connectivity index (χ0v) is 11.6. The van der Waals surface area contributed by atoms with E-state index >= 15 is 0 Å². The Morgan fingerprint density at radius 2 is 1.70 bits per heavy atom. The van der Waals surface area contributed by atoms with Gasteiger partial charge in [-0.2, -0.15) is 0 Å². The maximum Gasteiger partial charge on any atom is 0.335 e. The largest absolute Gasteiger partial charge is 0.489 e. The minimum atomic E-state index is -2.27. The lowest BCUT2D eigenvalue weighted by Crippen LogP contribution is -2.39. The highest BCUT2D eigenvalue weighted by Gasteiger charge is 2.29. The van der Waals surface area contributed by atoms with Gasteiger partial charge in [-0.25, -0.2) is 18.4 Å². The molecule has 0 aromatic heterocycles. The molecule has 128 valence electrons. The number of halogens is 2. The summed E-state index contributed by atoms with van der Waals surface area (Å²) in [4.78, 5) is 19.5. The molecule has 8 nitrogen and oxygen atoms in total. The maximum atomic E-state index is 13.1. The van der Waals surface area contributed by atoms with Gasteiger partial charge in [0.05, 0.1) is 0 Å². The highest BCUT2D eigenvalue weighted by molar-refractivity contribution is 5.83. The van der Waals surface area contributed by atoms with E-state index in [1.165, 1.54) is 6.07 Å². The van der Waals surface area contributed by atoms with Crippen molar-refractivity contribution in [1.82, 2.24) is 0 Å². The van der Waals surface area contributed by atoms with Gasteiger partial charge in [-0.3, -0.25) is 0 Å². The number of aliphatic hydroxyl groups excluding tert-OH is 2. The topological polar surface area (TPSA) is 150 Å². The van der Waals surface area contributed by atoms with Crippen molar-refractivity contribution in [2.75, 3.05) is 6.61 Å². The Balaban J connectivity index is 0.000000241. The van der Waals surface area contributed by atoms with Crippen LogP contribution in [-0.4, -0.2) is 57.2 Å². The third kappa shape index (κ3) is 5.13. The molecule has 0 radical (unpaired) electrons. The van der Waals surface area contributed by atoms with Gasteiger partial charge in [0.15, 0.2) is 23.8 Å². The highest BCUT2D eigenvalue weighted by atomic mass is 19.1. The van der Waals surface area contributed by atoms with E-state index in [2.05, 4.69) is 0 Å². The van der Waals surface area contributed by atoms with Gasteiger partial charge in [-0.05, 0) is 12.5 Å². The van der Waals surface area contributed by atoms with Crippen molar-refractivity contribution in [2.24, 2.45) is 5.73 Å². The summed E-state index contributed by atoms with van der Waals surface area (Å²) in [6, 6.07) is 1.90. The second-order valence-corrected chi connectivity index (χ2v) is 4.72. The molecule has 1 aromatic carbocycles. The fourth-order valence-corrected chi connectivity index (χ4v) is 1.73. The molecule has 0 spiro atoms. The van der Waals surface area contributed by atoms with Crippen LogP contribution < -0.4 is 10.5 Å². The van der Waals surface area contributed by atoms with Crippen LogP contribution in [-0.2, 0) is 16.0 Å². The Labute approximate surface area is 128 Å². The molecule has 23 heavy (non-hydrogen) atoms. The molecule has 1 aromatic rings. The molecule has 1 heterocycles. The summed E-state index contributed by atoms with van der Waals surface area (Å²) < 4.78 is 30.9. The number of benzene rings is 1. The van der Waals surface area contributed by atoms with Crippen molar-refractivity contribution >= 4 is 11.9 Å². The van der Waals surface area contributed by atoms with Gasteiger partial charge in [0.25, 0.3) is 0 Å². The zero-order chi connectivity index (χ0) is 17.7. The van der Waals surface area contributed by atoms with Crippen molar-refractivity contribution in [3.05, 3.63) is 29.3 Å². The average molecular weight is 335 g/mol. The van der Waals surface area contributed by atoms with Gasteiger partial charge in [-0.1, -0.05) is 0 Å². The van der Waals surface area contributed by atoms with Crippen LogP contribution in [0.15, 0.2) is 12.1 Å². The second kappa shape index (κ2) is 7.81. The first-order chi connectivity index (χ1) is 10.6. The molecule has 1 aliphatic heterocycles.